The van der Waals surface area contributed by atoms with Crippen molar-refractivity contribution >= 4 is 33.3 Å². The average molecular weight is 317 g/mol. The van der Waals surface area contributed by atoms with Gasteiger partial charge in [0.05, 0.1) is 0 Å². The van der Waals surface area contributed by atoms with Gasteiger partial charge in [-0.15, -0.1) is 0 Å². The highest BCUT2D eigenvalue weighted by Gasteiger charge is 2.04. The summed E-state index contributed by atoms with van der Waals surface area (Å²) < 4.78 is 13.9. The van der Waals surface area contributed by atoms with Gasteiger partial charge in [0.25, 0.3) is 0 Å². The molecule has 0 aliphatic heterocycles. The summed E-state index contributed by atoms with van der Waals surface area (Å²) >= 11 is 9.19. The molecule has 0 spiro atoms. The third-order valence-electron chi connectivity index (χ3n) is 2.11. The lowest BCUT2D eigenvalue weighted by Crippen LogP contribution is -2.03. The van der Waals surface area contributed by atoms with Gasteiger partial charge in [-0.2, -0.15) is 0 Å². The summed E-state index contributed by atoms with van der Waals surface area (Å²) in [5.74, 6) is 0.195. The van der Waals surface area contributed by atoms with E-state index in [9.17, 15) is 4.39 Å². The molecule has 1 aromatic carbocycles. The molecular formula is C11H8BrClFN3. The third kappa shape index (κ3) is 3.14. The van der Waals surface area contributed by atoms with Gasteiger partial charge in [-0.25, -0.2) is 14.4 Å². The van der Waals surface area contributed by atoms with Gasteiger partial charge in [-0.1, -0.05) is 27.5 Å². The Hall–Kier alpha value is -1.20. The average Bonchev–Trinajstić information content (AvgIpc) is 2.32. The number of nitrogens with one attached hydrogen (secondary N) is 1. The molecule has 0 amide bonds. The van der Waals surface area contributed by atoms with Crippen molar-refractivity contribution in [2.24, 2.45) is 0 Å². The minimum Gasteiger partial charge on any atom is -0.363 e. The molecule has 0 atom stereocenters. The monoisotopic (exact) mass is 315 g/mol. The maximum Gasteiger partial charge on any atom is 0.171 e. The molecule has 88 valence electrons. The lowest BCUT2D eigenvalue weighted by molar-refractivity contribution is 0.625. The van der Waals surface area contributed by atoms with Crippen molar-refractivity contribution in [3.63, 3.8) is 0 Å². The minimum absolute atomic E-state index is 0.282. The summed E-state index contributed by atoms with van der Waals surface area (Å²) in [4.78, 5) is 7.92. The van der Waals surface area contributed by atoms with Crippen LogP contribution in [0.1, 0.15) is 5.56 Å². The third-order valence-corrected chi connectivity index (χ3v) is 3.16. The van der Waals surface area contributed by atoms with Crippen LogP contribution in [0.3, 0.4) is 0 Å². The molecule has 0 radical (unpaired) electrons. The first-order valence-electron chi connectivity index (χ1n) is 4.81. The normalized spacial score (nSPS) is 10.3. The summed E-state index contributed by atoms with van der Waals surface area (Å²) in [5, 5.41) is 3.29. The Labute approximate surface area is 111 Å². The van der Waals surface area contributed by atoms with Gasteiger partial charge in [-0.05, 0) is 23.8 Å². The fraction of sp³-hybridized carbons (Fsp3) is 0.0909. The van der Waals surface area contributed by atoms with Crippen LogP contribution >= 0.6 is 27.5 Å². The number of aromatic nitrogens is 2. The number of nitrogens with zero attached hydrogens (tertiary/aromatic N) is 2. The molecule has 0 saturated heterocycles. The van der Waals surface area contributed by atoms with E-state index in [-0.39, 0.29) is 5.82 Å². The predicted octanol–water partition coefficient (Wildman–Crippen LogP) is 3.64. The van der Waals surface area contributed by atoms with E-state index in [1.54, 1.807) is 6.07 Å². The van der Waals surface area contributed by atoms with Crippen LogP contribution in [0.2, 0.25) is 5.15 Å². The molecule has 0 aliphatic rings. The van der Waals surface area contributed by atoms with Crippen molar-refractivity contribution in [2.75, 3.05) is 5.32 Å². The Morgan fingerprint density at radius 1 is 1.29 bits per heavy atom. The van der Waals surface area contributed by atoms with E-state index in [2.05, 4.69) is 31.2 Å². The summed E-state index contributed by atoms with van der Waals surface area (Å²) in [6, 6.07) is 4.49. The zero-order chi connectivity index (χ0) is 12.3. The zero-order valence-electron chi connectivity index (χ0n) is 8.62. The molecule has 0 unspecified atom stereocenters. The largest absolute Gasteiger partial charge is 0.363 e. The van der Waals surface area contributed by atoms with Gasteiger partial charge >= 0.3 is 0 Å². The van der Waals surface area contributed by atoms with E-state index in [1.807, 2.05) is 0 Å². The van der Waals surface area contributed by atoms with E-state index in [0.29, 0.717) is 17.5 Å². The number of halogens is 3. The van der Waals surface area contributed by atoms with E-state index < -0.39 is 0 Å². The number of benzene rings is 1. The van der Waals surface area contributed by atoms with Crippen molar-refractivity contribution < 1.29 is 4.39 Å². The standard InChI is InChI=1S/C11H8BrClFN3/c12-9-2-1-8(14)5-7(9)6-17-11-10(13)15-3-4-16-11/h1-5H,6H2,(H,16,17). The lowest BCUT2D eigenvalue weighted by Gasteiger charge is -2.08. The summed E-state index contributed by atoms with van der Waals surface area (Å²) in [5.41, 5.74) is 0.784. The van der Waals surface area contributed by atoms with Gasteiger partial charge in [0.2, 0.25) is 0 Å². The van der Waals surface area contributed by atoms with Crippen LogP contribution in [0.15, 0.2) is 35.1 Å². The van der Waals surface area contributed by atoms with E-state index in [1.165, 1.54) is 24.5 Å². The van der Waals surface area contributed by atoms with Crippen LogP contribution in [0.4, 0.5) is 10.2 Å². The highest BCUT2D eigenvalue weighted by Crippen LogP contribution is 2.20. The minimum atomic E-state index is -0.282. The molecular weight excluding hydrogens is 308 g/mol. The van der Waals surface area contributed by atoms with Crippen LogP contribution < -0.4 is 5.32 Å². The molecule has 1 heterocycles. The van der Waals surface area contributed by atoms with Gasteiger partial charge < -0.3 is 5.32 Å². The molecule has 6 heteroatoms. The highest BCUT2D eigenvalue weighted by molar-refractivity contribution is 9.10. The topological polar surface area (TPSA) is 37.8 Å². The fourth-order valence-corrected chi connectivity index (χ4v) is 1.86. The van der Waals surface area contributed by atoms with E-state index >= 15 is 0 Å². The van der Waals surface area contributed by atoms with Crippen molar-refractivity contribution in [3.8, 4) is 0 Å². The summed E-state index contributed by atoms with van der Waals surface area (Å²) in [6.45, 7) is 0.413. The van der Waals surface area contributed by atoms with Crippen molar-refractivity contribution in [3.05, 3.63) is 51.6 Å². The molecule has 0 aliphatic carbocycles. The number of hydrogen-bond acceptors (Lipinski definition) is 3. The van der Waals surface area contributed by atoms with Crippen LogP contribution in [0.25, 0.3) is 0 Å². The molecule has 0 fully saturated rings. The molecule has 0 saturated carbocycles. The van der Waals surface area contributed by atoms with Crippen LogP contribution in [0.5, 0.6) is 0 Å². The Morgan fingerprint density at radius 3 is 2.82 bits per heavy atom. The molecule has 3 nitrogen and oxygen atoms in total. The summed E-state index contributed by atoms with van der Waals surface area (Å²) in [6.07, 6.45) is 3.04. The fourth-order valence-electron chi connectivity index (χ4n) is 1.30. The molecule has 2 rings (SSSR count). The second-order valence-electron chi connectivity index (χ2n) is 3.29. The molecule has 17 heavy (non-hydrogen) atoms. The Balaban J connectivity index is 2.12. The molecule has 0 bridgehead atoms. The maximum atomic E-state index is 13.0. The van der Waals surface area contributed by atoms with Gasteiger partial charge in [0.1, 0.15) is 5.82 Å². The Kier molecular flexibility index (Phi) is 3.91. The van der Waals surface area contributed by atoms with Gasteiger partial charge in [-0.3, -0.25) is 0 Å². The number of rotatable bonds is 3. The van der Waals surface area contributed by atoms with Crippen molar-refractivity contribution in [1.29, 1.82) is 0 Å². The molecule has 1 N–H and O–H groups in total. The quantitative estimate of drug-likeness (QED) is 0.939. The first kappa shape index (κ1) is 12.3. The van der Waals surface area contributed by atoms with Gasteiger partial charge in [0, 0.05) is 23.4 Å². The SMILES string of the molecule is Fc1ccc(Br)c(CNc2nccnc2Cl)c1. The number of hydrogen-bond donors (Lipinski definition) is 1. The lowest BCUT2D eigenvalue weighted by atomic mass is 10.2. The summed E-state index contributed by atoms with van der Waals surface area (Å²) in [7, 11) is 0. The van der Waals surface area contributed by atoms with Crippen LogP contribution in [-0.2, 0) is 6.54 Å². The van der Waals surface area contributed by atoms with Crippen molar-refractivity contribution in [1.82, 2.24) is 9.97 Å². The Morgan fingerprint density at radius 2 is 2.06 bits per heavy atom. The highest BCUT2D eigenvalue weighted by atomic mass is 79.9. The van der Waals surface area contributed by atoms with Gasteiger partial charge in [0.15, 0.2) is 11.0 Å². The first-order chi connectivity index (χ1) is 8.16. The maximum absolute atomic E-state index is 13.0. The van der Waals surface area contributed by atoms with Crippen LogP contribution in [-0.4, -0.2) is 9.97 Å². The van der Waals surface area contributed by atoms with E-state index in [4.69, 9.17) is 11.6 Å². The predicted molar refractivity (Wildman–Crippen MR) is 68.5 cm³/mol. The molecule has 1 aromatic heterocycles. The first-order valence-corrected chi connectivity index (χ1v) is 5.98. The second kappa shape index (κ2) is 5.42. The second-order valence-corrected chi connectivity index (χ2v) is 4.50. The number of anilines is 1. The molecule has 2 aromatic rings. The Bertz CT molecular complexity index is 536. The zero-order valence-corrected chi connectivity index (χ0v) is 11.0. The van der Waals surface area contributed by atoms with Crippen molar-refractivity contribution in [2.45, 2.75) is 6.54 Å². The smallest absolute Gasteiger partial charge is 0.171 e. The van der Waals surface area contributed by atoms with E-state index in [0.717, 1.165) is 10.0 Å². The van der Waals surface area contributed by atoms with Crippen LogP contribution in [0, 0.1) is 5.82 Å².